The fourth-order valence-corrected chi connectivity index (χ4v) is 17.5. The second-order valence-corrected chi connectivity index (χ2v) is 33.8. The normalized spacial score (nSPS) is 30.9. The smallest absolute Gasteiger partial charge is 0.248 e. The predicted octanol–water partition coefficient (Wildman–Crippen LogP) is 5.96. The van der Waals surface area contributed by atoms with Gasteiger partial charge in [0.05, 0.1) is 37.2 Å². The maximum atomic E-state index is 15.8. The van der Waals surface area contributed by atoms with Gasteiger partial charge in [0.2, 0.25) is 76.8 Å². The van der Waals surface area contributed by atoms with Gasteiger partial charge in [0, 0.05) is 100 Å². The lowest BCUT2D eigenvalue weighted by molar-refractivity contribution is -0.161. The van der Waals surface area contributed by atoms with Crippen LogP contribution in [0, 0.1) is 29.1 Å². The maximum Gasteiger partial charge on any atom is 0.248 e. The first-order chi connectivity index (χ1) is 49.7. The van der Waals surface area contributed by atoms with Gasteiger partial charge in [-0.15, -0.1) is 23.2 Å². The zero-order valence-corrected chi connectivity index (χ0v) is 67.1. The van der Waals surface area contributed by atoms with E-state index in [0.29, 0.717) is 57.8 Å². The first kappa shape index (κ1) is 87.0. The van der Waals surface area contributed by atoms with E-state index in [1.807, 2.05) is 54.5 Å². The zero-order valence-electron chi connectivity index (χ0n) is 65.6. The number of carbonyl (C=O) groups is 12. The number of nitrogens with zero attached hydrogens (tertiary/aromatic N) is 9. The van der Waals surface area contributed by atoms with Crippen LogP contribution in [0.25, 0.3) is 0 Å². The number of ether oxygens (including phenoxy) is 2. The molecule has 12 amide bonds. The van der Waals surface area contributed by atoms with Crippen LogP contribution in [0.4, 0.5) is 8.78 Å². The summed E-state index contributed by atoms with van der Waals surface area (Å²) < 4.78 is 41.6. The Morgan fingerprint density at radius 3 is 1.90 bits per heavy atom. The summed E-state index contributed by atoms with van der Waals surface area (Å²) in [5, 5.41) is 8.29. The van der Waals surface area contributed by atoms with Crippen LogP contribution in [0.15, 0.2) is 12.2 Å². The summed E-state index contributed by atoms with van der Waals surface area (Å²) in [6.07, 6.45) is 5.92. The van der Waals surface area contributed by atoms with Gasteiger partial charge in [0.15, 0.2) is 0 Å². The topological polar surface area (TPSA) is 289 Å². The van der Waals surface area contributed by atoms with Gasteiger partial charge in [-0.25, -0.2) is 8.78 Å². The molecule has 3 unspecified atom stereocenters. The van der Waals surface area contributed by atoms with Crippen LogP contribution in [0.5, 0.6) is 0 Å². The molecule has 0 radical (unpaired) electrons. The molecule has 0 aromatic carbocycles. The third-order valence-corrected chi connectivity index (χ3v) is 24.6. The third kappa shape index (κ3) is 21.4. The lowest BCUT2D eigenvalue weighted by Gasteiger charge is -2.54. The van der Waals surface area contributed by atoms with E-state index in [9.17, 15) is 32.8 Å². The van der Waals surface area contributed by atoms with Gasteiger partial charge in [-0.1, -0.05) is 73.0 Å². The largest absolute Gasteiger partial charge is 0.382 e. The average molecular weight is 1540 g/mol. The van der Waals surface area contributed by atoms with E-state index in [0.717, 1.165) is 14.7 Å². The van der Waals surface area contributed by atoms with Crippen molar-refractivity contribution in [3.63, 3.8) is 0 Å². The Morgan fingerprint density at radius 1 is 0.670 bits per heavy atom. The zero-order chi connectivity index (χ0) is 78.8. The molecule has 3 aliphatic heterocycles. The minimum absolute atomic E-state index is 0.00947. The third-order valence-electron chi connectivity index (χ3n) is 23.5. The number of hydrogen-bond donors (Lipinski definition) is 3. The maximum absolute atomic E-state index is 15.8. The van der Waals surface area contributed by atoms with Gasteiger partial charge in [0.25, 0.3) is 0 Å². The number of amides is 12. The molecule has 13 atom stereocenters. The SMILES string of the molecule is CCC(CC)[C@H]1C(=O)N(C)[C@H](C(=O)N(C)C)CC(=O)N(C)[C@@H](COC)C(=O)N[C@@H]([C@@H](C)CC)C(=O)N(C2CC2)CC(=O)N(C)[C@H]2C/C=C\CCN(C2=O)[C@@H](CC2CCC(F)(F)CC2)C(=O)N(C)CC(=O)N[C@@H](CCC2CCC(Cl)C(Cl)C2)C(=O)N2C[C@H](OC(C)C)C[C@H]2C(=O)NC2(CC(C)(C)C2)C(=O)N1C. The molecule has 2 saturated heterocycles. The molecular weight excluding hydrogens is 1410 g/mol. The van der Waals surface area contributed by atoms with E-state index in [1.54, 1.807) is 13.0 Å². The monoisotopic (exact) mass is 1530 g/mol. The quantitative estimate of drug-likeness (QED) is 0.119. The molecule has 7 rings (SSSR count). The van der Waals surface area contributed by atoms with E-state index >= 15 is 33.6 Å². The van der Waals surface area contributed by atoms with Gasteiger partial charge in [-0.05, 0) is 133 Å². The van der Waals surface area contributed by atoms with Crippen molar-refractivity contribution < 1.29 is 75.8 Å². The molecule has 4 aliphatic carbocycles. The Bertz CT molecular complexity index is 3180. The van der Waals surface area contributed by atoms with E-state index in [1.165, 1.54) is 85.8 Å². The molecule has 6 fully saturated rings. The second-order valence-electron chi connectivity index (χ2n) is 32.7. The summed E-state index contributed by atoms with van der Waals surface area (Å²) in [5.74, 6) is -12.7. The number of alkyl halides is 4. The van der Waals surface area contributed by atoms with Gasteiger partial charge in [-0.2, -0.15) is 0 Å². The molecule has 2 bridgehead atoms. The molecular formula is C76H122Cl2F2N12O14. The molecule has 7 aliphatic rings. The number of likely N-dealkylation sites (N-methyl/N-ethyl adjacent to an activating group) is 6. The van der Waals surface area contributed by atoms with Crippen LogP contribution < -0.4 is 16.0 Å². The Kier molecular flexibility index (Phi) is 30.7. The molecule has 0 aromatic rings. The van der Waals surface area contributed by atoms with Crippen molar-refractivity contribution in [2.45, 2.75) is 279 Å². The summed E-state index contributed by atoms with van der Waals surface area (Å²) in [4.78, 5) is 194. The van der Waals surface area contributed by atoms with Gasteiger partial charge in [0.1, 0.15) is 60.4 Å². The minimum Gasteiger partial charge on any atom is -0.382 e. The highest BCUT2D eigenvalue weighted by Crippen LogP contribution is 2.50. The number of rotatable bonds is 16. The molecule has 30 heteroatoms. The number of carbonyl (C=O) groups excluding carboxylic acids is 12. The summed E-state index contributed by atoms with van der Waals surface area (Å²) in [5.41, 5.74) is -2.16. The predicted molar refractivity (Wildman–Crippen MR) is 396 cm³/mol. The van der Waals surface area contributed by atoms with E-state index < -0.39 is 198 Å². The lowest BCUT2D eigenvalue weighted by atomic mass is 9.58. The Labute approximate surface area is 636 Å². The standard InChI is InChI=1S/C76H122Cl2F2N12O14/c1-17-46(6)63-71(102)91(50-26-27-50)41-62(95)86(12)55-23-21-20-22-34-90(70(55)101)58(36-48-30-32-76(79,80)33-31-48)69(100)85(11)40-60(93)81-54(29-25-47-24-28-52(77)53(78)35-47)67(98)92-39-51(106-45(4)5)37-56(92)66(97)83-75(43-74(7,8)44-75)73(104)89(15)64(49(18-2)19-3)72(103)88(14)57(68(99)84(9)10)38-61(94)87(13)59(42-105-16)65(96)82-63/h20-21,45-59,63-64H,17-19,22-44H2,1-16H3,(H,81,93)(H,82,96)(H,83,97)/b21-20-/t46-,47?,51+,52?,53?,54-,55-,56-,57-,58-,59-,63-,64-/m0/s1. The van der Waals surface area contributed by atoms with E-state index in [4.69, 9.17) is 32.7 Å². The van der Waals surface area contributed by atoms with Crippen molar-refractivity contribution in [3.8, 4) is 0 Å². The summed E-state index contributed by atoms with van der Waals surface area (Å²) >= 11 is 13.3. The second kappa shape index (κ2) is 37.4. The first-order valence-corrected chi connectivity index (χ1v) is 39.4. The molecule has 106 heavy (non-hydrogen) atoms. The number of methoxy groups -OCH3 is 1. The van der Waals surface area contributed by atoms with Crippen LogP contribution in [-0.2, 0) is 67.0 Å². The minimum atomic E-state index is -2.93. The van der Waals surface area contributed by atoms with Crippen LogP contribution >= 0.6 is 23.2 Å². The molecule has 4 saturated carbocycles. The fraction of sp³-hybridized carbons (Fsp3) is 0.816. The van der Waals surface area contributed by atoms with Gasteiger partial charge < -0.3 is 69.5 Å². The van der Waals surface area contributed by atoms with Crippen LogP contribution in [0.1, 0.15) is 190 Å². The number of nitrogens with one attached hydrogen (secondary N) is 3. The molecule has 3 heterocycles. The summed E-state index contributed by atoms with van der Waals surface area (Å²) in [6, 6.07) is -11.0. The Morgan fingerprint density at radius 2 is 1.32 bits per heavy atom. The number of fused-ring (bicyclic) bond motifs is 3. The van der Waals surface area contributed by atoms with Crippen molar-refractivity contribution in [2.75, 3.05) is 89.2 Å². The van der Waals surface area contributed by atoms with E-state index in [2.05, 4.69) is 16.0 Å². The first-order valence-electron chi connectivity index (χ1n) is 38.5. The Balaban J connectivity index is 1.35. The van der Waals surface area contributed by atoms with Crippen molar-refractivity contribution in [1.82, 2.24) is 60.0 Å². The Hall–Kier alpha value is -6.26. The molecule has 26 nitrogen and oxygen atoms in total. The number of halogens is 4. The van der Waals surface area contributed by atoms with Crippen LogP contribution in [0.3, 0.4) is 0 Å². The van der Waals surface area contributed by atoms with Gasteiger partial charge >= 0.3 is 0 Å². The fourth-order valence-electron chi connectivity index (χ4n) is 16.9. The molecule has 598 valence electrons. The highest BCUT2D eigenvalue weighted by molar-refractivity contribution is 6.30. The molecule has 0 aromatic heterocycles. The van der Waals surface area contributed by atoms with E-state index in [-0.39, 0.29) is 100 Å². The van der Waals surface area contributed by atoms with Crippen molar-refractivity contribution in [3.05, 3.63) is 12.2 Å². The highest BCUT2D eigenvalue weighted by Gasteiger charge is 2.59. The van der Waals surface area contributed by atoms with Gasteiger partial charge in [-0.3, -0.25) is 57.5 Å². The molecule has 1 spiro atoms. The van der Waals surface area contributed by atoms with Crippen molar-refractivity contribution in [1.29, 1.82) is 0 Å². The average Bonchev–Trinajstić information content (AvgIpc) is 1.10. The van der Waals surface area contributed by atoms with Crippen LogP contribution in [-0.4, -0.2) is 293 Å². The summed E-state index contributed by atoms with van der Waals surface area (Å²) in [7, 11) is 11.3. The highest BCUT2D eigenvalue weighted by atomic mass is 35.5. The van der Waals surface area contributed by atoms with Crippen molar-refractivity contribution >= 4 is 94.1 Å². The molecule has 3 N–H and O–H groups in total. The lowest BCUT2D eigenvalue weighted by Crippen LogP contribution is -2.71. The van der Waals surface area contributed by atoms with Crippen LogP contribution in [0.2, 0.25) is 0 Å². The number of hydrogen-bond acceptors (Lipinski definition) is 14. The summed E-state index contributed by atoms with van der Waals surface area (Å²) in [6.45, 7) is 13.1. The van der Waals surface area contributed by atoms with Crippen molar-refractivity contribution in [2.24, 2.45) is 29.1 Å².